The van der Waals surface area contributed by atoms with Gasteiger partial charge in [0.1, 0.15) is 0 Å². The first-order chi connectivity index (χ1) is 12.1. The van der Waals surface area contributed by atoms with E-state index in [1.807, 2.05) is 0 Å². The standard InChI is InChI=1S/C19H14BrN3O2/c20-15-8-6-13(7-9-15)18(24)22-16-4-1-5-17(11-16)23-19(25)14-3-2-10-21-12-14/h1-12H,(H,22,24)(H,23,25). The van der Waals surface area contributed by atoms with Crippen LogP contribution in [0.3, 0.4) is 0 Å². The van der Waals surface area contributed by atoms with Crippen LogP contribution in [0.4, 0.5) is 11.4 Å². The van der Waals surface area contributed by atoms with Gasteiger partial charge >= 0.3 is 0 Å². The third-order valence-corrected chi connectivity index (χ3v) is 3.94. The molecule has 25 heavy (non-hydrogen) atoms. The summed E-state index contributed by atoms with van der Waals surface area (Å²) in [6, 6.07) is 17.4. The molecule has 3 rings (SSSR count). The molecule has 0 saturated heterocycles. The molecule has 6 heteroatoms. The van der Waals surface area contributed by atoms with Gasteiger partial charge in [-0.3, -0.25) is 14.6 Å². The van der Waals surface area contributed by atoms with Crippen molar-refractivity contribution in [1.29, 1.82) is 0 Å². The van der Waals surface area contributed by atoms with E-state index in [1.165, 1.54) is 6.20 Å². The highest BCUT2D eigenvalue weighted by atomic mass is 79.9. The molecule has 124 valence electrons. The topological polar surface area (TPSA) is 71.1 Å². The predicted molar refractivity (Wildman–Crippen MR) is 101 cm³/mol. The van der Waals surface area contributed by atoms with Gasteiger partial charge in [0, 0.05) is 33.8 Å². The fraction of sp³-hybridized carbons (Fsp3) is 0. The van der Waals surface area contributed by atoms with Crippen molar-refractivity contribution >= 4 is 39.1 Å². The molecular weight excluding hydrogens is 382 g/mol. The van der Waals surface area contributed by atoms with Crippen molar-refractivity contribution in [2.24, 2.45) is 0 Å². The average Bonchev–Trinajstić information content (AvgIpc) is 2.63. The molecule has 1 aromatic heterocycles. The van der Waals surface area contributed by atoms with Crippen molar-refractivity contribution in [3.63, 3.8) is 0 Å². The maximum absolute atomic E-state index is 12.3. The second kappa shape index (κ2) is 7.72. The molecule has 0 unspecified atom stereocenters. The van der Waals surface area contributed by atoms with Gasteiger partial charge in [0.25, 0.3) is 11.8 Å². The molecule has 0 spiro atoms. The van der Waals surface area contributed by atoms with Crippen molar-refractivity contribution in [3.05, 3.63) is 88.7 Å². The van der Waals surface area contributed by atoms with E-state index in [2.05, 4.69) is 31.5 Å². The molecule has 0 fully saturated rings. The fourth-order valence-corrected chi connectivity index (χ4v) is 2.44. The summed E-state index contributed by atoms with van der Waals surface area (Å²) in [5.41, 5.74) is 2.19. The number of halogens is 1. The number of pyridine rings is 1. The number of anilines is 2. The van der Waals surface area contributed by atoms with Crippen LogP contribution in [0.25, 0.3) is 0 Å². The lowest BCUT2D eigenvalue weighted by Crippen LogP contribution is -2.14. The second-order valence-electron chi connectivity index (χ2n) is 5.24. The number of carbonyl (C=O) groups excluding carboxylic acids is 2. The Hall–Kier alpha value is -2.99. The van der Waals surface area contributed by atoms with Gasteiger partial charge in [-0.1, -0.05) is 22.0 Å². The zero-order chi connectivity index (χ0) is 17.6. The van der Waals surface area contributed by atoms with Crippen LogP contribution in [0.1, 0.15) is 20.7 Å². The lowest BCUT2D eigenvalue weighted by molar-refractivity contribution is 0.101. The summed E-state index contributed by atoms with van der Waals surface area (Å²) in [5, 5.41) is 5.60. The highest BCUT2D eigenvalue weighted by Crippen LogP contribution is 2.18. The first kappa shape index (κ1) is 16.9. The Morgan fingerprint density at radius 3 is 2.04 bits per heavy atom. The van der Waals surface area contributed by atoms with E-state index >= 15 is 0 Å². The first-order valence-electron chi connectivity index (χ1n) is 7.50. The normalized spacial score (nSPS) is 10.1. The molecule has 5 nitrogen and oxygen atoms in total. The number of nitrogens with one attached hydrogen (secondary N) is 2. The largest absolute Gasteiger partial charge is 0.322 e. The quantitative estimate of drug-likeness (QED) is 0.689. The minimum absolute atomic E-state index is 0.219. The van der Waals surface area contributed by atoms with Gasteiger partial charge in [-0.15, -0.1) is 0 Å². The van der Waals surface area contributed by atoms with Gasteiger partial charge in [0.05, 0.1) is 5.56 Å². The van der Waals surface area contributed by atoms with Crippen molar-refractivity contribution in [2.45, 2.75) is 0 Å². The number of hydrogen-bond acceptors (Lipinski definition) is 3. The van der Waals surface area contributed by atoms with Crippen molar-refractivity contribution < 1.29 is 9.59 Å². The molecule has 0 aliphatic rings. The van der Waals surface area contributed by atoms with E-state index in [1.54, 1.807) is 66.9 Å². The minimum Gasteiger partial charge on any atom is -0.322 e. The van der Waals surface area contributed by atoms with Crippen LogP contribution in [0, 0.1) is 0 Å². The summed E-state index contributed by atoms with van der Waals surface area (Å²) < 4.78 is 0.907. The number of amides is 2. The maximum Gasteiger partial charge on any atom is 0.257 e. The summed E-state index contributed by atoms with van der Waals surface area (Å²) >= 11 is 3.34. The second-order valence-corrected chi connectivity index (χ2v) is 6.15. The monoisotopic (exact) mass is 395 g/mol. The Morgan fingerprint density at radius 1 is 0.800 bits per heavy atom. The van der Waals surface area contributed by atoms with Gasteiger partial charge in [-0.05, 0) is 54.6 Å². The van der Waals surface area contributed by atoms with E-state index in [0.717, 1.165) is 4.47 Å². The molecule has 0 saturated carbocycles. The summed E-state index contributed by atoms with van der Waals surface area (Å²) in [6.07, 6.45) is 3.10. The molecule has 2 aromatic carbocycles. The van der Waals surface area contributed by atoms with Crippen LogP contribution in [0.2, 0.25) is 0 Å². The predicted octanol–water partition coefficient (Wildman–Crippen LogP) is 4.35. The van der Waals surface area contributed by atoms with Crippen molar-refractivity contribution in [1.82, 2.24) is 4.98 Å². The molecule has 1 heterocycles. The van der Waals surface area contributed by atoms with Gasteiger partial charge < -0.3 is 10.6 Å². The number of nitrogens with zero attached hydrogens (tertiary/aromatic N) is 1. The summed E-state index contributed by atoms with van der Waals surface area (Å²) in [6.45, 7) is 0. The van der Waals surface area contributed by atoms with Crippen LogP contribution < -0.4 is 10.6 Å². The third kappa shape index (κ3) is 4.51. The molecule has 2 N–H and O–H groups in total. The number of carbonyl (C=O) groups is 2. The Labute approximate surface area is 153 Å². The molecule has 0 aliphatic heterocycles. The van der Waals surface area contributed by atoms with E-state index in [-0.39, 0.29) is 11.8 Å². The highest BCUT2D eigenvalue weighted by molar-refractivity contribution is 9.10. The highest BCUT2D eigenvalue weighted by Gasteiger charge is 2.08. The number of hydrogen-bond donors (Lipinski definition) is 2. The summed E-state index contributed by atoms with van der Waals surface area (Å²) in [5.74, 6) is -0.479. The zero-order valence-corrected chi connectivity index (χ0v) is 14.7. The van der Waals surface area contributed by atoms with Gasteiger partial charge in [0.15, 0.2) is 0 Å². The fourth-order valence-electron chi connectivity index (χ4n) is 2.18. The van der Waals surface area contributed by atoms with Crippen LogP contribution in [-0.2, 0) is 0 Å². The van der Waals surface area contributed by atoms with E-state index in [4.69, 9.17) is 0 Å². The molecule has 0 radical (unpaired) electrons. The first-order valence-corrected chi connectivity index (χ1v) is 8.29. The Bertz CT molecular complexity index is 896. The Kier molecular flexibility index (Phi) is 5.20. The van der Waals surface area contributed by atoms with E-state index in [9.17, 15) is 9.59 Å². The van der Waals surface area contributed by atoms with Crippen LogP contribution >= 0.6 is 15.9 Å². The molecule has 2 amide bonds. The third-order valence-electron chi connectivity index (χ3n) is 3.41. The molecule has 0 bridgehead atoms. The lowest BCUT2D eigenvalue weighted by atomic mass is 10.2. The average molecular weight is 396 g/mol. The van der Waals surface area contributed by atoms with E-state index < -0.39 is 0 Å². The Balaban J connectivity index is 1.70. The van der Waals surface area contributed by atoms with Crippen LogP contribution in [-0.4, -0.2) is 16.8 Å². The molecular formula is C19H14BrN3O2. The summed E-state index contributed by atoms with van der Waals surface area (Å²) in [4.78, 5) is 28.3. The maximum atomic E-state index is 12.3. The summed E-state index contributed by atoms with van der Waals surface area (Å²) in [7, 11) is 0. The van der Waals surface area contributed by atoms with Crippen LogP contribution in [0.15, 0.2) is 77.5 Å². The van der Waals surface area contributed by atoms with Gasteiger partial charge in [-0.25, -0.2) is 0 Å². The minimum atomic E-state index is -0.260. The number of rotatable bonds is 4. The van der Waals surface area contributed by atoms with Gasteiger partial charge in [0.2, 0.25) is 0 Å². The molecule has 0 atom stereocenters. The number of benzene rings is 2. The van der Waals surface area contributed by atoms with Crippen molar-refractivity contribution in [3.8, 4) is 0 Å². The van der Waals surface area contributed by atoms with Crippen LogP contribution in [0.5, 0.6) is 0 Å². The smallest absolute Gasteiger partial charge is 0.257 e. The SMILES string of the molecule is O=C(Nc1cccc(NC(=O)c2cccnc2)c1)c1ccc(Br)cc1. The number of aromatic nitrogens is 1. The van der Waals surface area contributed by atoms with Gasteiger partial charge in [-0.2, -0.15) is 0 Å². The molecule has 0 aliphatic carbocycles. The van der Waals surface area contributed by atoms with E-state index in [0.29, 0.717) is 22.5 Å². The molecule has 3 aromatic rings. The lowest BCUT2D eigenvalue weighted by Gasteiger charge is -2.09. The Morgan fingerprint density at radius 2 is 1.44 bits per heavy atom. The van der Waals surface area contributed by atoms with Crippen molar-refractivity contribution in [2.75, 3.05) is 10.6 Å². The zero-order valence-electron chi connectivity index (χ0n) is 13.1.